The number of piperidine rings is 1. The topological polar surface area (TPSA) is 47.9 Å². The molecule has 1 aliphatic heterocycles. The third kappa shape index (κ3) is 6.50. The highest BCUT2D eigenvalue weighted by Gasteiger charge is 2.20. The molecule has 0 bridgehead atoms. The molecule has 0 radical (unpaired) electrons. The van der Waals surface area contributed by atoms with Crippen molar-refractivity contribution in [1.82, 2.24) is 15.1 Å². The molecule has 1 saturated heterocycles. The van der Waals surface area contributed by atoms with E-state index in [2.05, 4.69) is 28.7 Å². The van der Waals surface area contributed by atoms with E-state index in [-0.39, 0.29) is 5.91 Å². The van der Waals surface area contributed by atoms with Crippen LogP contribution in [0.4, 0.5) is 0 Å². The van der Waals surface area contributed by atoms with E-state index < -0.39 is 0 Å². The number of carbonyl (C=O) groups is 1. The van der Waals surface area contributed by atoms with Gasteiger partial charge in [-0.25, -0.2) is 0 Å². The number of aliphatic imine (C=N–C) groups is 1. The lowest BCUT2D eigenvalue weighted by atomic mass is 10.00. The number of likely N-dealkylation sites (tertiary alicyclic amines) is 1. The zero-order chi connectivity index (χ0) is 16.4. The van der Waals surface area contributed by atoms with Crippen LogP contribution >= 0.6 is 0 Å². The minimum atomic E-state index is 0.254. The summed E-state index contributed by atoms with van der Waals surface area (Å²) < 4.78 is 0. The van der Waals surface area contributed by atoms with Crippen LogP contribution in [0.15, 0.2) is 17.6 Å². The molecule has 1 N–H and O–H groups in total. The van der Waals surface area contributed by atoms with Gasteiger partial charge >= 0.3 is 0 Å². The number of hydrogen-bond donors (Lipinski definition) is 1. The highest BCUT2D eigenvalue weighted by Crippen LogP contribution is 2.15. The van der Waals surface area contributed by atoms with Gasteiger partial charge in [0.2, 0.25) is 5.91 Å². The predicted octanol–water partition coefficient (Wildman–Crippen LogP) is 2.11. The molecular weight excluding hydrogens is 276 g/mol. The summed E-state index contributed by atoms with van der Waals surface area (Å²) in [6, 6.07) is 0. The van der Waals surface area contributed by atoms with Crippen molar-refractivity contribution in [3.05, 3.63) is 12.7 Å². The summed E-state index contributed by atoms with van der Waals surface area (Å²) in [5.74, 6) is 1.74. The van der Waals surface area contributed by atoms with Gasteiger partial charge in [-0.2, -0.15) is 0 Å². The highest BCUT2D eigenvalue weighted by atomic mass is 16.2. The summed E-state index contributed by atoms with van der Waals surface area (Å²) in [6.45, 7) is 9.36. The molecule has 5 nitrogen and oxygen atoms in total. The minimum Gasteiger partial charge on any atom is -0.356 e. The van der Waals surface area contributed by atoms with E-state index in [0.29, 0.717) is 18.9 Å². The number of allylic oxidation sites excluding steroid dienone is 1. The first-order chi connectivity index (χ1) is 10.6. The van der Waals surface area contributed by atoms with Crippen LogP contribution < -0.4 is 5.32 Å². The monoisotopic (exact) mass is 308 g/mol. The van der Waals surface area contributed by atoms with Crippen molar-refractivity contribution >= 4 is 11.9 Å². The Kier molecular flexibility index (Phi) is 8.63. The maximum atomic E-state index is 12.2. The summed E-state index contributed by atoms with van der Waals surface area (Å²) in [6.07, 6.45) is 6.91. The third-order valence-electron chi connectivity index (χ3n) is 4.11. The second-order valence-corrected chi connectivity index (χ2v) is 6.16. The zero-order valence-electron chi connectivity index (χ0n) is 14.5. The van der Waals surface area contributed by atoms with Gasteiger partial charge in [-0.15, -0.1) is 6.58 Å². The minimum absolute atomic E-state index is 0.254. The SMILES string of the molecule is C=CCCCN(C)C(=NC)NCCC(=O)N1CCCC(C)C1. The number of unbranched alkanes of at least 4 members (excludes halogenated alkanes) is 1. The number of amides is 1. The van der Waals surface area contributed by atoms with E-state index in [9.17, 15) is 4.79 Å². The van der Waals surface area contributed by atoms with Crippen molar-refractivity contribution in [2.45, 2.75) is 39.0 Å². The Labute approximate surface area is 135 Å². The largest absolute Gasteiger partial charge is 0.356 e. The summed E-state index contributed by atoms with van der Waals surface area (Å²) in [4.78, 5) is 20.6. The first-order valence-electron chi connectivity index (χ1n) is 8.39. The first kappa shape index (κ1) is 18.5. The Hall–Kier alpha value is -1.52. The molecule has 1 fully saturated rings. The lowest BCUT2D eigenvalue weighted by Crippen LogP contribution is -2.43. The van der Waals surface area contributed by atoms with Crippen molar-refractivity contribution in [1.29, 1.82) is 0 Å². The molecule has 22 heavy (non-hydrogen) atoms. The van der Waals surface area contributed by atoms with Gasteiger partial charge in [-0.3, -0.25) is 9.79 Å². The molecule has 0 aromatic heterocycles. The lowest BCUT2D eigenvalue weighted by molar-refractivity contribution is -0.132. The van der Waals surface area contributed by atoms with Crippen LogP contribution in [0, 0.1) is 5.92 Å². The molecule has 0 saturated carbocycles. The van der Waals surface area contributed by atoms with E-state index in [1.54, 1.807) is 7.05 Å². The average Bonchev–Trinajstić information content (AvgIpc) is 2.51. The zero-order valence-corrected chi connectivity index (χ0v) is 14.5. The number of hydrogen-bond acceptors (Lipinski definition) is 2. The van der Waals surface area contributed by atoms with Crippen LogP contribution in [0.3, 0.4) is 0 Å². The van der Waals surface area contributed by atoms with Crippen LogP contribution in [0.2, 0.25) is 0 Å². The summed E-state index contributed by atoms with van der Waals surface area (Å²) >= 11 is 0. The number of guanidine groups is 1. The Morgan fingerprint density at radius 1 is 1.55 bits per heavy atom. The number of nitrogens with zero attached hydrogens (tertiary/aromatic N) is 3. The van der Waals surface area contributed by atoms with Gasteiger partial charge < -0.3 is 15.1 Å². The lowest BCUT2D eigenvalue weighted by Gasteiger charge is -2.31. The van der Waals surface area contributed by atoms with E-state index in [1.807, 2.05) is 18.0 Å². The highest BCUT2D eigenvalue weighted by molar-refractivity contribution is 5.81. The molecule has 0 spiro atoms. The molecule has 126 valence electrons. The molecule has 0 aromatic carbocycles. The maximum Gasteiger partial charge on any atom is 0.224 e. The van der Waals surface area contributed by atoms with Gasteiger partial charge in [-0.1, -0.05) is 13.0 Å². The first-order valence-corrected chi connectivity index (χ1v) is 8.39. The average molecular weight is 308 g/mol. The molecule has 1 aliphatic rings. The quantitative estimate of drug-likeness (QED) is 0.339. The van der Waals surface area contributed by atoms with Crippen molar-refractivity contribution < 1.29 is 4.79 Å². The van der Waals surface area contributed by atoms with Crippen LogP contribution in [0.1, 0.15) is 39.0 Å². The molecule has 1 unspecified atom stereocenters. The number of carbonyl (C=O) groups excluding carboxylic acids is 1. The molecule has 5 heteroatoms. The summed E-state index contributed by atoms with van der Waals surface area (Å²) in [7, 11) is 3.80. The van der Waals surface area contributed by atoms with E-state index >= 15 is 0 Å². The molecule has 0 aromatic rings. The molecule has 0 aliphatic carbocycles. The van der Waals surface area contributed by atoms with Crippen molar-refractivity contribution in [3.8, 4) is 0 Å². The van der Waals surface area contributed by atoms with E-state index in [0.717, 1.165) is 44.9 Å². The van der Waals surface area contributed by atoms with Gasteiger partial charge in [0.1, 0.15) is 0 Å². The summed E-state index contributed by atoms with van der Waals surface area (Å²) in [5.41, 5.74) is 0. The van der Waals surface area contributed by atoms with E-state index in [4.69, 9.17) is 0 Å². The van der Waals surface area contributed by atoms with Crippen molar-refractivity contribution in [2.24, 2.45) is 10.9 Å². The Morgan fingerprint density at radius 2 is 2.32 bits per heavy atom. The normalized spacial score (nSPS) is 19.0. The van der Waals surface area contributed by atoms with Crippen molar-refractivity contribution in [2.75, 3.05) is 40.3 Å². The van der Waals surface area contributed by atoms with Crippen LogP contribution in [0.25, 0.3) is 0 Å². The number of rotatable bonds is 7. The van der Waals surface area contributed by atoms with E-state index in [1.165, 1.54) is 6.42 Å². The van der Waals surface area contributed by atoms with Crippen LogP contribution in [-0.2, 0) is 4.79 Å². The van der Waals surface area contributed by atoms with Gasteiger partial charge in [0.25, 0.3) is 0 Å². The second kappa shape index (κ2) is 10.2. The smallest absolute Gasteiger partial charge is 0.224 e. The molecule has 1 amide bonds. The Balaban J connectivity index is 2.28. The fraction of sp³-hybridized carbons (Fsp3) is 0.765. The van der Waals surface area contributed by atoms with Gasteiger partial charge in [-0.05, 0) is 31.6 Å². The van der Waals surface area contributed by atoms with Crippen LogP contribution in [-0.4, -0.2) is 61.9 Å². The van der Waals surface area contributed by atoms with Gasteiger partial charge in [0, 0.05) is 46.7 Å². The molecule has 1 rings (SSSR count). The van der Waals surface area contributed by atoms with Gasteiger partial charge in [0.15, 0.2) is 5.96 Å². The number of nitrogens with one attached hydrogen (secondary N) is 1. The van der Waals surface area contributed by atoms with Crippen molar-refractivity contribution in [3.63, 3.8) is 0 Å². The Morgan fingerprint density at radius 3 is 2.95 bits per heavy atom. The fourth-order valence-corrected chi connectivity index (χ4v) is 2.82. The standard InChI is InChI=1S/C17H32N4O/c1-5-6-7-12-20(4)17(18-3)19-11-10-16(22)21-13-8-9-15(2)14-21/h5,15H,1,6-14H2,2-4H3,(H,18,19). The van der Waals surface area contributed by atoms with Crippen LogP contribution in [0.5, 0.6) is 0 Å². The molecule has 1 heterocycles. The molecular formula is C17H32N4O. The predicted molar refractivity (Wildman–Crippen MR) is 93.0 cm³/mol. The third-order valence-corrected chi connectivity index (χ3v) is 4.11. The Bertz CT molecular complexity index is 381. The summed E-state index contributed by atoms with van der Waals surface area (Å²) in [5, 5.41) is 3.28. The molecule has 1 atom stereocenters. The fourth-order valence-electron chi connectivity index (χ4n) is 2.82. The van der Waals surface area contributed by atoms with Gasteiger partial charge in [0.05, 0.1) is 0 Å². The maximum absolute atomic E-state index is 12.2. The second-order valence-electron chi connectivity index (χ2n) is 6.16.